The molecule has 0 bridgehead atoms. The fourth-order valence-corrected chi connectivity index (χ4v) is 1.29. The molecule has 0 saturated heterocycles. The predicted molar refractivity (Wildman–Crippen MR) is 55.8 cm³/mol. The highest BCUT2D eigenvalue weighted by Crippen LogP contribution is 2.08. The molecule has 1 heteroatoms. The average molecular weight is 178 g/mol. The summed E-state index contributed by atoms with van der Waals surface area (Å²) in [5.41, 5.74) is 2.61. The number of hydrogen-bond donors (Lipinski definition) is 1. The third kappa shape index (κ3) is 3.60. The molecule has 0 aliphatic rings. The quantitative estimate of drug-likeness (QED) is 0.751. The van der Waals surface area contributed by atoms with Crippen molar-refractivity contribution in [3.8, 4) is 0 Å². The van der Waals surface area contributed by atoms with E-state index in [0.717, 1.165) is 19.3 Å². The maximum absolute atomic E-state index is 9.37. The van der Waals surface area contributed by atoms with Crippen LogP contribution in [0, 0.1) is 6.92 Å². The lowest BCUT2D eigenvalue weighted by molar-refractivity contribution is 0.160. The van der Waals surface area contributed by atoms with Crippen molar-refractivity contribution in [2.75, 3.05) is 0 Å². The van der Waals surface area contributed by atoms with E-state index in [1.807, 2.05) is 6.92 Å². The summed E-state index contributed by atoms with van der Waals surface area (Å²) in [6, 6.07) is 8.51. The van der Waals surface area contributed by atoms with Crippen LogP contribution in [0.25, 0.3) is 0 Å². The van der Waals surface area contributed by atoms with Crippen LogP contribution in [0.15, 0.2) is 24.3 Å². The van der Waals surface area contributed by atoms with Crippen molar-refractivity contribution < 1.29 is 5.11 Å². The van der Waals surface area contributed by atoms with E-state index in [0.29, 0.717) is 0 Å². The Morgan fingerprint density at radius 2 is 1.85 bits per heavy atom. The summed E-state index contributed by atoms with van der Waals surface area (Å²) in [5, 5.41) is 9.37. The first-order valence-corrected chi connectivity index (χ1v) is 4.96. The van der Waals surface area contributed by atoms with E-state index >= 15 is 0 Å². The van der Waals surface area contributed by atoms with E-state index in [-0.39, 0.29) is 6.10 Å². The fourth-order valence-electron chi connectivity index (χ4n) is 1.29. The summed E-state index contributed by atoms with van der Waals surface area (Å²) in [6.45, 7) is 4.10. The molecular weight excluding hydrogens is 160 g/mol. The topological polar surface area (TPSA) is 20.2 Å². The zero-order chi connectivity index (χ0) is 9.68. The minimum atomic E-state index is -0.138. The Bertz CT molecular complexity index is 238. The van der Waals surface area contributed by atoms with Gasteiger partial charge in [0.15, 0.2) is 0 Å². The SMILES string of the molecule is CC[C@@H](O)CCc1ccc(C)cc1. The number of aryl methyl sites for hydroxylation is 2. The monoisotopic (exact) mass is 178 g/mol. The number of benzene rings is 1. The molecule has 0 fully saturated rings. The van der Waals surface area contributed by atoms with Gasteiger partial charge in [-0.1, -0.05) is 36.8 Å². The lowest BCUT2D eigenvalue weighted by Crippen LogP contribution is -2.05. The predicted octanol–water partition coefficient (Wildman–Crippen LogP) is 2.70. The zero-order valence-electron chi connectivity index (χ0n) is 8.46. The Balaban J connectivity index is 2.41. The molecule has 1 nitrogen and oxygen atoms in total. The summed E-state index contributed by atoms with van der Waals surface area (Å²) in [5.74, 6) is 0. The molecule has 0 aliphatic carbocycles. The lowest BCUT2D eigenvalue weighted by Gasteiger charge is -2.07. The summed E-state index contributed by atoms with van der Waals surface area (Å²) >= 11 is 0. The summed E-state index contributed by atoms with van der Waals surface area (Å²) in [6.07, 6.45) is 2.57. The van der Waals surface area contributed by atoms with Crippen LogP contribution in [0.1, 0.15) is 30.9 Å². The van der Waals surface area contributed by atoms with Crippen molar-refractivity contribution in [2.24, 2.45) is 0 Å². The van der Waals surface area contributed by atoms with E-state index in [4.69, 9.17) is 0 Å². The maximum Gasteiger partial charge on any atom is 0.0540 e. The van der Waals surface area contributed by atoms with Gasteiger partial charge in [0.2, 0.25) is 0 Å². The second-order valence-corrected chi connectivity index (χ2v) is 3.59. The van der Waals surface area contributed by atoms with Crippen molar-refractivity contribution in [3.63, 3.8) is 0 Å². The Morgan fingerprint density at radius 3 is 2.38 bits per heavy atom. The van der Waals surface area contributed by atoms with E-state index in [2.05, 4.69) is 31.2 Å². The summed E-state index contributed by atoms with van der Waals surface area (Å²) < 4.78 is 0. The van der Waals surface area contributed by atoms with Crippen molar-refractivity contribution >= 4 is 0 Å². The normalized spacial score (nSPS) is 12.8. The highest BCUT2D eigenvalue weighted by molar-refractivity contribution is 5.21. The van der Waals surface area contributed by atoms with Crippen LogP contribution in [0.2, 0.25) is 0 Å². The molecule has 0 radical (unpaired) electrons. The van der Waals surface area contributed by atoms with Gasteiger partial charge in [0.05, 0.1) is 6.10 Å². The van der Waals surface area contributed by atoms with Crippen LogP contribution in [0.4, 0.5) is 0 Å². The van der Waals surface area contributed by atoms with Crippen LogP contribution in [0.3, 0.4) is 0 Å². The van der Waals surface area contributed by atoms with Crippen molar-refractivity contribution in [2.45, 2.75) is 39.2 Å². The lowest BCUT2D eigenvalue weighted by atomic mass is 10.0. The van der Waals surface area contributed by atoms with Gasteiger partial charge in [0, 0.05) is 0 Å². The molecule has 1 rings (SSSR count). The Labute approximate surface area is 80.4 Å². The van der Waals surface area contributed by atoms with E-state index in [9.17, 15) is 5.11 Å². The van der Waals surface area contributed by atoms with Gasteiger partial charge < -0.3 is 5.11 Å². The molecule has 0 spiro atoms. The molecule has 72 valence electrons. The molecule has 0 saturated carbocycles. The van der Waals surface area contributed by atoms with Crippen LogP contribution >= 0.6 is 0 Å². The van der Waals surface area contributed by atoms with Gasteiger partial charge in [-0.05, 0) is 31.7 Å². The van der Waals surface area contributed by atoms with Gasteiger partial charge >= 0.3 is 0 Å². The van der Waals surface area contributed by atoms with Gasteiger partial charge in [-0.3, -0.25) is 0 Å². The summed E-state index contributed by atoms with van der Waals surface area (Å²) in [7, 11) is 0. The minimum Gasteiger partial charge on any atom is -0.393 e. The molecule has 1 N–H and O–H groups in total. The molecule has 0 unspecified atom stereocenters. The highest BCUT2D eigenvalue weighted by Gasteiger charge is 2.00. The first-order valence-electron chi connectivity index (χ1n) is 4.96. The first-order chi connectivity index (χ1) is 6.22. The molecule has 0 amide bonds. The second kappa shape index (κ2) is 5.03. The van der Waals surface area contributed by atoms with Crippen LogP contribution in [-0.4, -0.2) is 11.2 Å². The van der Waals surface area contributed by atoms with Crippen molar-refractivity contribution in [3.05, 3.63) is 35.4 Å². The third-order valence-corrected chi connectivity index (χ3v) is 2.36. The molecule has 1 aromatic rings. The van der Waals surface area contributed by atoms with Gasteiger partial charge in [0.1, 0.15) is 0 Å². The molecule has 0 heterocycles. The average Bonchev–Trinajstić information content (AvgIpc) is 2.16. The van der Waals surface area contributed by atoms with Gasteiger partial charge in [0.25, 0.3) is 0 Å². The molecule has 0 aliphatic heterocycles. The Hall–Kier alpha value is -0.820. The van der Waals surface area contributed by atoms with Gasteiger partial charge in [-0.2, -0.15) is 0 Å². The maximum atomic E-state index is 9.37. The molecule has 1 aromatic carbocycles. The smallest absolute Gasteiger partial charge is 0.0540 e. The van der Waals surface area contributed by atoms with Crippen LogP contribution in [-0.2, 0) is 6.42 Å². The van der Waals surface area contributed by atoms with E-state index in [1.165, 1.54) is 11.1 Å². The zero-order valence-corrected chi connectivity index (χ0v) is 8.46. The largest absolute Gasteiger partial charge is 0.393 e. The minimum absolute atomic E-state index is 0.138. The standard InChI is InChI=1S/C12H18O/c1-3-12(13)9-8-11-6-4-10(2)5-7-11/h4-7,12-13H,3,8-9H2,1-2H3/t12-/m1/s1. The van der Waals surface area contributed by atoms with Crippen molar-refractivity contribution in [1.29, 1.82) is 0 Å². The van der Waals surface area contributed by atoms with Crippen molar-refractivity contribution in [1.82, 2.24) is 0 Å². The van der Waals surface area contributed by atoms with Crippen LogP contribution < -0.4 is 0 Å². The second-order valence-electron chi connectivity index (χ2n) is 3.59. The van der Waals surface area contributed by atoms with Gasteiger partial charge in [-0.25, -0.2) is 0 Å². The molecule has 13 heavy (non-hydrogen) atoms. The van der Waals surface area contributed by atoms with Gasteiger partial charge in [-0.15, -0.1) is 0 Å². The number of aliphatic hydroxyl groups is 1. The molecular formula is C12H18O. The summed E-state index contributed by atoms with van der Waals surface area (Å²) in [4.78, 5) is 0. The number of aliphatic hydroxyl groups excluding tert-OH is 1. The first kappa shape index (κ1) is 10.3. The molecule has 1 atom stereocenters. The number of rotatable bonds is 4. The Morgan fingerprint density at radius 1 is 1.23 bits per heavy atom. The number of hydrogen-bond acceptors (Lipinski definition) is 1. The fraction of sp³-hybridized carbons (Fsp3) is 0.500. The third-order valence-electron chi connectivity index (χ3n) is 2.36. The van der Waals surface area contributed by atoms with E-state index in [1.54, 1.807) is 0 Å². The van der Waals surface area contributed by atoms with Crippen LogP contribution in [0.5, 0.6) is 0 Å². The molecule has 0 aromatic heterocycles. The Kier molecular flexibility index (Phi) is 3.97. The van der Waals surface area contributed by atoms with E-state index < -0.39 is 0 Å². The highest BCUT2D eigenvalue weighted by atomic mass is 16.3.